The van der Waals surface area contributed by atoms with Crippen molar-refractivity contribution in [2.75, 3.05) is 0 Å². The largest absolute Gasteiger partial charge is 0.487 e. The number of thiophene rings is 1. The van der Waals surface area contributed by atoms with Gasteiger partial charge >= 0.3 is 0 Å². The molecule has 0 saturated carbocycles. The summed E-state index contributed by atoms with van der Waals surface area (Å²) in [6.45, 7) is 1.06. The third-order valence-electron chi connectivity index (χ3n) is 3.17. The van der Waals surface area contributed by atoms with Crippen LogP contribution in [-0.2, 0) is 13.2 Å². The van der Waals surface area contributed by atoms with Gasteiger partial charge in [-0.1, -0.05) is 29.8 Å². The van der Waals surface area contributed by atoms with Gasteiger partial charge in [-0.05, 0) is 40.6 Å². The van der Waals surface area contributed by atoms with E-state index in [0.717, 1.165) is 5.56 Å². The summed E-state index contributed by atoms with van der Waals surface area (Å²) >= 11 is 7.81. The van der Waals surface area contributed by atoms with Crippen molar-refractivity contribution in [3.8, 4) is 5.75 Å². The van der Waals surface area contributed by atoms with Crippen LogP contribution in [0.1, 0.15) is 11.1 Å². The molecule has 0 radical (unpaired) electrons. The summed E-state index contributed by atoms with van der Waals surface area (Å²) in [6.07, 6.45) is 0. The molecule has 4 heteroatoms. The molecule has 0 fully saturated rings. The molecule has 0 unspecified atom stereocenters. The van der Waals surface area contributed by atoms with E-state index in [2.05, 4.69) is 23.6 Å². The molecule has 0 aliphatic rings. The molecule has 0 bridgehead atoms. The molecular weight excluding hydrogens is 290 g/mol. The second kappa shape index (κ2) is 5.83. The molecule has 0 atom stereocenters. The summed E-state index contributed by atoms with van der Waals surface area (Å²) in [4.78, 5) is 0. The lowest BCUT2D eigenvalue weighted by Crippen LogP contribution is -1.97. The van der Waals surface area contributed by atoms with E-state index < -0.39 is 0 Å². The van der Waals surface area contributed by atoms with E-state index in [1.807, 2.05) is 24.3 Å². The van der Waals surface area contributed by atoms with Gasteiger partial charge in [-0.3, -0.25) is 0 Å². The molecule has 0 spiro atoms. The van der Waals surface area contributed by atoms with Crippen LogP contribution >= 0.6 is 22.9 Å². The molecule has 2 N–H and O–H groups in total. The molecule has 0 amide bonds. The van der Waals surface area contributed by atoms with E-state index in [1.54, 1.807) is 11.3 Å². The van der Waals surface area contributed by atoms with Crippen LogP contribution in [0.3, 0.4) is 0 Å². The fourth-order valence-corrected chi connectivity index (χ4v) is 3.20. The highest BCUT2D eigenvalue weighted by Crippen LogP contribution is 2.29. The molecule has 0 saturated heterocycles. The van der Waals surface area contributed by atoms with Gasteiger partial charge in [-0.25, -0.2) is 0 Å². The summed E-state index contributed by atoms with van der Waals surface area (Å²) in [7, 11) is 0. The predicted octanol–water partition coefficient (Wildman–Crippen LogP) is 4.59. The number of ether oxygens (including phenoxy) is 1. The van der Waals surface area contributed by atoms with E-state index >= 15 is 0 Å². The van der Waals surface area contributed by atoms with Crippen molar-refractivity contribution in [3.05, 3.63) is 64.0 Å². The highest BCUT2D eigenvalue weighted by atomic mass is 35.5. The van der Waals surface area contributed by atoms with E-state index in [-0.39, 0.29) is 0 Å². The molecule has 0 aliphatic heterocycles. The topological polar surface area (TPSA) is 35.2 Å². The fraction of sp³-hybridized carbons (Fsp3) is 0.125. The normalized spacial score (nSPS) is 10.9. The number of hydrogen-bond acceptors (Lipinski definition) is 3. The maximum Gasteiger partial charge on any atom is 0.138 e. The van der Waals surface area contributed by atoms with Crippen LogP contribution < -0.4 is 10.5 Å². The fourth-order valence-electron chi connectivity index (χ4n) is 2.08. The molecule has 1 aromatic heterocycles. The average Bonchev–Trinajstić information content (AvgIpc) is 2.88. The average molecular weight is 304 g/mol. The molecule has 3 rings (SSSR count). The summed E-state index contributed by atoms with van der Waals surface area (Å²) in [6, 6.07) is 13.8. The van der Waals surface area contributed by atoms with E-state index in [4.69, 9.17) is 22.1 Å². The summed E-state index contributed by atoms with van der Waals surface area (Å²) < 4.78 is 7.06. The van der Waals surface area contributed by atoms with Crippen molar-refractivity contribution in [2.45, 2.75) is 13.2 Å². The minimum atomic E-state index is 0.512. The van der Waals surface area contributed by atoms with Crippen LogP contribution in [-0.4, -0.2) is 0 Å². The van der Waals surface area contributed by atoms with Gasteiger partial charge in [0.2, 0.25) is 0 Å². The van der Waals surface area contributed by atoms with Crippen LogP contribution in [0.25, 0.3) is 10.1 Å². The zero-order chi connectivity index (χ0) is 13.9. The third kappa shape index (κ3) is 2.66. The molecule has 2 aromatic carbocycles. The minimum Gasteiger partial charge on any atom is -0.487 e. The summed E-state index contributed by atoms with van der Waals surface area (Å²) in [5, 5.41) is 3.97. The Morgan fingerprint density at radius 2 is 2.00 bits per heavy atom. The number of fused-ring (bicyclic) bond motifs is 1. The molecular formula is C16H14ClNOS. The van der Waals surface area contributed by atoms with Gasteiger partial charge in [0.25, 0.3) is 0 Å². The number of halogens is 1. The first-order valence-corrected chi connectivity index (χ1v) is 7.60. The maximum atomic E-state index is 6.09. The zero-order valence-electron chi connectivity index (χ0n) is 10.8. The minimum absolute atomic E-state index is 0.512. The van der Waals surface area contributed by atoms with E-state index in [1.165, 1.54) is 15.6 Å². The lowest BCUT2D eigenvalue weighted by atomic mass is 10.1. The first-order valence-electron chi connectivity index (χ1n) is 6.34. The molecule has 3 aromatic rings. The van der Waals surface area contributed by atoms with Gasteiger partial charge in [0, 0.05) is 16.8 Å². The molecule has 0 aliphatic carbocycles. The standard InChI is InChI=1S/C16H14ClNOS/c17-14-3-1-2-4-15(14)19-9-12-10-20-16-6-5-11(8-18)7-13(12)16/h1-7,10H,8-9,18H2. The number of hydrogen-bond donors (Lipinski definition) is 1. The third-order valence-corrected chi connectivity index (χ3v) is 4.50. The number of para-hydroxylation sites is 1. The second-order valence-electron chi connectivity index (χ2n) is 4.51. The lowest BCUT2D eigenvalue weighted by molar-refractivity contribution is 0.308. The highest BCUT2D eigenvalue weighted by Gasteiger charge is 2.07. The van der Waals surface area contributed by atoms with Gasteiger partial charge < -0.3 is 10.5 Å². The van der Waals surface area contributed by atoms with Crippen LogP contribution in [0.2, 0.25) is 5.02 Å². The van der Waals surface area contributed by atoms with Gasteiger partial charge in [-0.2, -0.15) is 0 Å². The first-order chi connectivity index (χ1) is 9.78. The molecule has 1 heterocycles. The van der Waals surface area contributed by atoms with Crippen LogP contribution in [0, 0.1) is 0 Å². The monoisotopic (exact) mass is 303 g/mol. The zero-order valence-corrected chi connectivity index (χ0v) is 12.4. The van der Waals surface area contributed by atoms with Crippen molar-refractivity contribution >= 4 is 33.0 Å². The highest BCUT2D eigenvalue weighted by molar-refractivity contribution is 7.17. The quantitative estimate of drug-likeness (QED) is 0.765. The molecule has 2 nitrogen and oxygen atoms in total. The predicted molar refractivity (Wildman–Crippen MR) is 85.5 cm³/mol. The molecule has 20 heavy (non-hydrogen) atoms. The van der Waals surface area contributed by atoms with Crippen molar-refractivity contribution in [3.63, 3.8) is 0 Å². The van der Waals surface area contributed by atoms with E-state index in [9.17, 15) is 0 Å². The maximum absolute atomic E-state index is 6.09. The molecule has 102 valence electrons. The van der Waals surface area contributed by atoms with Crippen molar-refractivity contribution in [2.24, 2.45) is 5.73 Å². The first kappa shape index (κ1) is 13.4. The summed E-state index contributed by atoms with van der Waals surface area (Å²) in [5.41, 5.74) is 8.00. The lowest BCUT2D eigenvalue weighted by Gasteiger charge is -2.07. The number of nitrogens with two attached hydrogens (primary N) is 1. The number of benzene rings is 2. The van der Waals surface area contributed by atoms with Crippen LogP contribution in [0.15, 0.2) is 47.8 Å². The Morgan fingerprint density at radius 3 is 2.80 bits per heavy atom. The Morgan fingerprint density at radius 1 is 1.15 bits per heavy atom. The smallest absolute Gasteiger partial charge is 0.138 e. The number of rotatable bonds is 4. The Bertz CT molecular complexity index is 738. The second-order valence-corrected chi connectivity index (χ2v) is 5.83. The van der Waals surface area contributed by atoms with Crippen LogP contribution in [0.5, 0.6) is 5.75 Å². The van der Waals surface area contributed by atoms with Crippen molar-refractivity contribution < 1.29 is 4.74 Å². The summed E-state index contributed by atoms with van der Waals surface area (Å²) in [5.74, 6) is 0.712. The van der Waals surface area contributed by atoms with Crippen molar-refractivity contribution in [1.82, 2.24) is 0 Å². The van der Waals surface area contributed by atoms with Crippen molar-refractivity contribution in [1.29, 1.82) is 0 Å². The SMILES string of the molecule is NCc1ccc2scc(COc3ccccc3Cl)c2c1. The Kier molecular flexibility index (Phi) is 3.92. The Hall–Kier alpha value is -1.55. The Labute approximate surface area is 126 Å². The Balaban J connectivity index is 1.86. The van der Waals surface area contributed by atoms with Gasteiger partial charge in [0.1, 0.15) is 12.4 Å². The van der Waals surface area contributed by atoms with Gasteiger partial charge in [-0.15, -0.1) is 11.3 Å². The van der Waals surface area contributed by atoms with Gasteiger partial charge in [0.15, 0.2) is 0 Å². The van der Waals surface area contributed by atoms with Gasteiger partial charge in [0.05, 0.1) is 5.02 Å². The van der Waals surface area contributed by atoms with E-state index in [0.29, 0.717) is 23.9 Å². The van der Waals surface area contributed by atoms with Crippen LogP contribution in [0.4, 0.5) is 0 Å².